The molecule has 0 fully saturated rings. The molecule has 5 nitrogen and oxygen atoms in total. The van der Waals surface area contributed by atoms with E-state index in [9.17, 15) is 0 Å². The Morgan fingerprint density at radius 3 is 2.67 bits per heavy atom. The fraction of sp³-hybridized carbons (Fsp3) is 0.125. The van der Waals surface area contributed by atoms with E-state index in [1.54, 1.807) is 18.3 Å². The van der Waals surface area contributed by atoms with E-state index < -0.39 is 0 Å². The largest absolute Gasteiger partial charge is 0.277 e. The molecule has 0 unspecified atom stereocenters. The van der Waals surface area contributed by atoms with Crippen LogP contribution in [0.25, 0.3) is 0 Å². The molecule has 102 valence electrons. The highest BCUT2D eigenvalue weighted by Gasteiger charge is 1.99. The van der Waals surface area contributed by atoms with Gasteiger partial charge in [-0.1, -0.05) is 18.2 Å². The third-order valence-corrected chi connectivity index (χ3v) is 2.83. The van der Waals surface area contributed by atoms with E-state index in [-0.39, 0.29) is 5.71 Å². The molecule has 0 bridgehead atoms. The minimum absolute atomic E-state index is 0.200. The summed E-state index contributed by atoms with van der Waals surface area (Å²) in [5.74, 6) is 0. The molecular weight excluding hydrogens is 262 g/mol. The van der Waals surface area contributed by atoms with Gasteiger partial charge in [-0.15, -0.1) is 0 Å². The molecule has 2 aromatic rings. The molecule has 0 radical (unpaired) electrons. The second-order valence-corrected chi connectivity index (χ2v) is 4.32. The quantitative estimate of drug-likeness (QED) is 0.671. The predicted octanol–water partition coefficient (Wildman–Crippen LogP) is 2.68. The van der Waals surface area contributed by atoms with Crippen LogP contribution in [0.1, 0.15) is 11.3 Å². The van der Waals surface area contributed by atoms with Gasteiger partial charge in [0, 0.05) is 11.9 Å². The fourth-order valence-corrected chi connectivity index (χ4v) is 1.81. The predicted molar refractivity (Wildman–Crippen MR) is 80.4 cm³/mol. The van der Waals surface area contributed by atoms with Crippen molar-refractivity contribution in [2.24, 2.45) is 5.10 Å². The Labute approximate surface area is 123 Å². The zero-order chi connectivity index (χ0) is 14.9. The van der Waals surface area contributed by atoms with Crippen molar-refractivity contribution < 1.29 is 0 Å². The first kappa shape index (κ1) is 14.2. The van der Waals surface area contributed by atoms with Gasteiger partial charge in [-0.25, -0.2) is 0 Å². The van der Waals surface area contributed by atoms with E-state index in [2.05, 4.69) is 15.5 Å². The Kier molecular flexibility index (Phi) is 5.03. The van der Waals surface area contributed by atoms with E-state index in [1.165, 1.54) is 0 Å². The molecule has 5 heteroatoms. The molecule has 21 heavy (non-hydrogen) atoms. The zero-order valence-corrected chi connectivity index (χ0v) is 11.3. The lowest BCUT2D eigenvalue weighted by atomic mass is 10.1. The number of hydrogen-bond acceptors (Lipinski definition) is 5. The summed E-state index contributed by atoms with van der Waals surface area (Å²) in [6, 6.07) is 17.0. The summed E-state index contributed by atoms with van der Waals surface area (Å²) < 4.78 is 0. The Hall–Kier alpha value is -3.18. The number of rotatable bonds is 5. The van der Waals surface area contributed by atoms with Crippen LogP contribution in [0.5, 0.6) is 0 Å². The van der Waals surface area contributed by atoms with E-state index in [0.717, 1.165) is 29.8 Å². The summed E-state index contributed by atoms with van der Waals surface area (Å²) in [6.07, 6.45) is 3.50. The van der Waals surface area contributed by atoms with Crippen LogP contribution in [0, 0.1) is 22.7 Å². The summed E-state index contributed by atoms with van der Waals surface area (Å²) >= 11 is 0. The molecule has 0 aliphatic carbocycles. The third-order valence-electron chi connectivity index (χ3n) is 2.83. The molecule has 1 N–H and O–H groups in total. The van der Waals surface area contributed by atoms with Crippen molar-refractivity contribution in [2.75, 3.05) is 5.43 Å². The number of pyridine rings is 1. The summed E-state index contributed by atoms with van der Waals surface area (Å²) in [5, 5.41) is 21.0. The molecule has 0 amide bonds. The van der Waals surface area contributed by atoms with Gasteiger partial charge >= 0.3 is 0 Å². The maximum absolute atomic E-state index is 8.62. The van der Waals surface area contributed by atoms with Gasteiger partial charge in [-0.3, -0.25) is 10.4 Å². The Bertz CT molecular complexity index is 691. The minimum Gasteiger partial charge on any atom is -0.277 e. The van der Waals surface area contributed by atoms with Gasteiger partial charge in [0.25, 0.3) is 0 Å². The van der Waals surface area contributed by atoms with Crippen LogP contribution in [-0.4, -0.2) is 10.7 Å². The van der Waals surface area contributed by atoms with Crippen molar-refractivity contribution in [2.45, 2.75) is 12.8 Å². The molecule has 0 spiro atoms. The first-order chi connectivity index (χ1) is 10.3. The molecule has 1 heterocycles. The lowest BCUT2D eigenvalue weighted by Gasteiger charge is -2.04. The average molecular weight is 275 g/mol. The summed E-state index contributed by atoms with van der Waals surface area (Å²) in [7, 11) is 0. The van der Waals surface area contributed by atoms with Crippen LogP contribution in [0.4, 0.5) is 5.69 Å². The average Bonchev–Trinajstić information content (AvgIpc) is 2.55. The molecule has 0 aliphatic heterocycles. The number of anilines is 1. The van der Waals surface area contributed by atoms with Gasteiger partial charge in [-0.05, 0) is 42.7 Å². The summed E-state index contributed by atoms with van der Waals surface area (Å²) in [4.78, 5) is 4.29. The third kappa shape index (κ3) is 4.45. The van der Waals surface area contributed by atoms with Gasteiger partial charge < -0.3 is 0 Å². The first-order valence-electron chi connectivity index (χ1n) is 6.44. The lowest BCUT2D eigenvalue weighted by Crippen LogP contribution is -1.98. The summed E-state index contributed by atoms with van der Waals surface area (Å²) in [5.41, 5.74) is 5.44. The number of nitriles is 2. The molecule has 0 saturated carbocycles. The van der Waals surface area contributed by atoms with Gasteiger partial charge in [0.15, 0.2) is 0 Å². The van der Waals surface area contributed by atoms with Crippen LogP contribution in [0.15, 0.2) is 53.8 Å². The van der Waals surface area contributed by atoms with E-state index >= 15 is 0 Å². The zero-order valence-electron chi connectivity index (χ0n) is 11.3. The van der Waals surface area contributed by atoms with Crippen molar-refractivity contribution >= 4 is 11.4 Å². The second kappa shape index (κ2) is 7.42. The molecule has 0 aliphatic rings. The Balaban J connectivity index is 2.00. The van der Waals surface area contributed by atoms with Crippen molar-refractivity contribution in [3.63, 3.8) is 0 Å². The highest BCUT2D eigenvalue weighted by molar-refractivity contribution is 6.10. The van der Waals surface area contributed by atoms with E-state index in [4.69, 9.17) is 10.5 Å². The van der Waals surface area contributed by atoms with Crippen LogP contribution in [0.2, 0.25) is 0 Å². The van der Waals surface area contributed by atoms with Gasteiger partial charge in [0.05, 0.1) is 5.69 Å². The van der Waals surface area contributed by atoms with Crippen LogP contribution < -0.4 is 5.43 Å². The van der Waals surface area contributed by atoms with Crippen LogP contribution >= 0.6 is 0 Å². The Morgan fingerprint density at radius 2 is 1.95 bits per heavy atom. The normalized spacial score (nSPS) is 9.24. The van der Waals surface area contributed by atoms with Crippen molar-refractivity contribution in [1.29, 1.82) is 10.5 Å². The topological polar surface area (TPSA) is 84.9 Å². The van der Waals surface area contributed by atoms with Gasteiger partial charge in [-0.2, -0.15) is 15.6 Å². The SMILES string of the molecule is N#CC(C#N)=NNc1cccc(CCc2ccccn2)c1. The monoisotopic (exact) mass is 275 g/mol. The number of hydrazone groups is 1. The number of aromatic nitrogens is 1. The molecule has 1 aromatic carbocycles. The lowest BCUT2D eigenvalue weighted by molar-refractivity contribution is 0.914. The smallest absolute Gasteiger partial charge is 0.237 e. The van der Waals surface area contributed by atoms with Gasteiger partial charge in [0.2, 0.25) is 5.71 Å². The molecule has 0 saturated heterocycles. The Morgan fingerprint density at radius 1 is 1.10 bits per heavy atom. The fourth-order valence-electron chi connectivity index (χ4n) is 1.81. The molecule has 2 rings (SSSR count). The number of benzene rings is 1. The van der Waals surface area contributed by atoms with Crippen molar-refractivity contribution in [3.8, 4) is 12.1 Å². The number of nitrogens with zero attached hydrogens (tertiary/aromatic N) is 4. The van der Waals surface area contributed by atoms with E-state index in [1.807, 2.05) is 42.5 Å². The second-order valence-electron chi connectivity index (χ2n) is 4.32. The number of nitrogens with one attached hydrogen (secondary N) is 1. The number of hydrogen-bond donors (Lipinski definition) is 1. The highest BCUT2D eigenvalue weighted by Crippen LogP contribution is 2.12. The molecular formula is C16H13N5. The number of aryl methyl sites for hydroxylation is 2. The van der Waals surface area contributed by atoms with E-state index in [0.29, 0.717) is 0 Å². The first-order valence-corrected chi connectivity index (χ1v) is 6.44. The van der Waals surface area contributed by atoms with Crippen LogP contribution in [-0.2, 0) is 12.8 Å². The minimum atomic E-state index is -0.200. The molecule has 1 aromatic heterocycles. The molecule has 0 atom stereocenters. The highest BCUT2D eigenvalue weighted by atomic mass is 15.3. The standard InChI is InChI=1S/C16H13N5/c17-11-16(12-18)21-20-15-6-3-4-13(10-15)7-8-14-5-1-2-9-19-14/h1-6,9-10,20H,7-8H2. The van der Waals surface area contributed by atoms with Crippen molar-refractivity contribution in [3.05, 3.63) is 59.9 Å². The van der Waals surface area contributed by atoms with Crippen molar-refractivity contribution in [1.82, 2.24) is 4.98 Å². The maximum atomic E-state index is 8.62. The summed E-state index contributed by atoms with van der Waals surface area (Å²) in [6.45, 7) is 0. The van der Waals surface area contributed by atoms with Crippen LogP contribution in [0.3, 0.4) is 0 Å². The van der Waals surface area contributed by atoms with Gasteiger partial charge in [0.1, 0.15) is 12.1 Å². The maximum Gasteiger partial charge on any atom is 0.237 e.